The zero-order valence-corrected chi connectivity index (χ0v) is 9.85. The molecule has 0 atom stereocenters. The van der Waals surface area contributed by atoms with Crippen molar-refractivity contribution in [1.82, 2.24) is 10.3 Å². The number of pyridine rings is 1. The number of aromatic nitrogens is 1. The highest BCUT2D eigenvalue weighted by Crippen LogP contribution is 2.39. The Kier molecular flexibility index (Phi) is 3.27. The lowest BCUT2D eigenvalue weighted by molar-refractivity contribution is 0.156. The first-order chi connectivity index (χ1) is 7.20. The van der Waals surface area contributed by atoms with Crippen LogP contribution in [0.15, 0.2) is 18.5 Å². The summed E-state index contributed by atoms with van der Waals surface area (Å²) in [6.45, 7) is 4.28. The Morgan fingerprint density at radius 3 is 2.93 bits per heavy atom. The van der Waals surface area contributed by atoms with Crippen LogP contribution in [0, 0.1) is 5.41 Å². The van der Waals surface area contributed by atoms with Crippen molar-refractivity contribution in [3.8, 4) is 0 Å². The molecule has 1 heterocycles. The van der Waals surface area contributed by atoms with Crippen molar-refractivity contribution in [1.29, 1.82) is 0 Å². The molecule has 0 unspecified atom stereocenters. The van der Waals surface area contributed by atoms with Crippen molar-refractivity contribution >= 4 is 11.6 Å². The van der Waals surface area contributed by atoms with E-state index in [9.17, 15) is 0 Å². The molecule has 0 amide bonds. The fourth-order valence-corrected chi connectivity index (χ4v) is 2.19. The molecule has 1 N–H and O–H groups in total. The van der Waals surface area contributed by atoms with Gasteiger partial charge in [0.1, 0.15) is 0 Å². The van der Waals surface area contributed by atoms with E-state index < -0.39 is 0 Å². The minimum atomic E-state index is 0.527. The Morgan fingerprint density at radius 2 is 2.33 bits per heavy atom. The van der Waals surface area contributed by atoms with Crippen LogP contribution >= 0.6 is 11.6 Å². The second-order valence-electron chi connectivity index (χ2n) is 4.73. The summed E-state index contributed by atoms with van der Waals surface area (Å²) in [5, 5.41) is 4.23. The molecule has 1 saturated carbocycles. The summed E-state index contributed by atoms with van der Waals surface area (Å²) < 4.78 is 0. The highest BCUT2D eigenvalue weighted by Gasteiger charge is 2.30. The number of nitrogens with zero attached hydrogens (tertiary/aromatic N) is 1. The quantitative estimate of drug-likeness (QED) is 0.851. The number of nitrogens with one attached hydrogen (secondary N) is 1. The van der Waals surface area contributed by atoms with Crippen molar-refractivity contribution in [2.75, 3.05) is 6.54 Å². The highest BCUT2D eigenvalue weighted by atomic mass is 35.5. The molecule has 2 rings (SSSR count). The summed E-state index contributed by atoms with van der Waals surface area (Å²) in [7, 11) is 0. The third-order valence-corrected chi connectivity index (χ3v) is 3.62. The first kappa shape index (κ1) is 10.9. The van der Waals surface area contributed by atoms with Gasteiger partial charge in [-0.3, -0.25) is 4.98 Å². The van der Waals surface area contributed by atoms with E-state index in [0.29, 0.717) is 5.41 Å². The smallest absolute Gasteiger partial charge is 0.0634 e. The highest BCUT2D eigenvalue weighted by molar-refractivity contribution is 6.31. The van der Waals surface area contributed by atoms with Gasteiger partial charge in [-0.05, 0) is 29.9 Å². The number of hydrogen-bond donors (Lipinski definition) is 1. The van der Waals surface area contributed by atoms with Crippen LogP contribution in [0.5, 0.6) is 0 Å². The van der Waals surface area contributed by atoms with Crippen LogP contribution in [-0.4, -0.2) is 11.5 Å². The minimum absolute atomic E-state index is 0.527. The monoisotopic (exact) mass is 224 g/mol. The number of rotatable bonds is 4. The topological polar surface area (TPSA) is 24.9 Å². The van der Waals surface area contributed by atoms with E-state index >= 15 is 0 Å². The van der Waals surface area contributed by atoms with Crippen LogP contribution in [0.4, 0.5) is 0 Å². The standard InChI is InChI=1S/C12H17ClN2/c1-12(4-2-5-12)9-15-7-10-3-6-14-8-11(10)13/h3,6,8,15H,2,4-5,7,9H2,1H3. The van der Waals surface area contributed by atoms with Crippen LogP contribution < -0.4 is 5.32 Å². The molecule has 0 bridgehead atoms. The summed E-state index contributed by atoms with van der Waals surface area (Å²) in [6.07, 6.45) is 7.57. The molecule has 1 fully saturated rings. The van der Waals surface area contributed by atoms with E-state index in [0.717, 1.165) is 23.7 Å². The second-order valence-corrected chi connectivity index (χ2v) is 5.14. The lowest BCUT2D eigenvalue weighted by Crippen LogP contribution is -2.37. The normalized spacial score (nSPS) is 18.5. The van der Waals surface area contributed by atoms with Crippen molar-refractivity contribution in [3.63, 3.8) is 0 Å². The van der Waals surface area contributed by atoms with Crippen LogP contribution in [-0.2, 0) is 6.54 Å². The average Bonchev–Trinajstić information content (AvgIpc) is 2.18. The SMILES string of the molecule is CC1(CNCc2ccncc2Cl)CCC1. The summed E-state index contributed by atoms with van der Waals surface area (Å²) >= 11 is 6.02. The molecule has 1 aromatic heterocycles. The largest absolute Gasteiger partial charge is 0.312 e. The maximum absolute atomic E-state index is 6.02. The lowest BCUT2D eigenvalue weighted by Gasteiger charge is -2.38. The lowest BCUT2D eigenvalue weighted by atomic mass is 9.70. The number of halogens is 1. The van der Waals surface area contributed by atoms with Crippen LogP contribution in [0.25, 0.3) is 0 Å². The van der Waals surface area contributed by atoms with E-state index in [4.69, 9.17) is 11.6 Å². The zero-order valence-electron chi connectivity index (χ0n) is 9.09. The minimum Gasteiger partial charge on any atom is -0.312 e. The van der Waals surface area contributed by atoms with Crippen molar-refractivity contribution < 1.29 is 0 Å². The fraction of sp³-hybridized carbons (Fsp3) is 0.583. The summed E-state index contributed by atoms with van der Waals surface area (Å²) in [6, 6.07) is 1.97. The van der Waals surface area contributed by atoms with E-state index in [1.807, 2.05) is 6.07 Å². The van der Waals surface area contributed by atoms with Gasteiger partial charge in [-0.2, -0.15) is 0 Å². The molecule has 0 saturated heterocycles. The Morgan fingerprint density at radius 1 is 1.53 bits per heavy atom. The van der Waals surface area contributed by atoms with Gasteiger partial charge in [0.15, 0.2) is 0 Å². The van der Waals surface area contributed by atoms with Crippen LogP contribution in [0.1, 0.15) is 31.7 Å². The molecule has 1 aliphatic carbocycles. The van der Waals surface area contributed by atoms with E-state index in [-0.39, 0.29) is 0 Å². The first-order valence-corrected chi connectivity index (χ1v) is 5.87. The van der Waals surface area contributed by atoms with Gasteiger partial charge in [0, 0.05) is 25.5 Å². The Hall–Kier alpha value is -0.600. The van der Waals surface area contributed by atoms with E-state index in [2.05, 4.69) is 17.2 Å². The zero-order chi connectivity index (χ0) is 10.7. The Labute approximate surface area is 96.1 Å². The van der Waals surface area contributed by atoms with Gasteiger partial charge in [0.25, 0.3) is 0 Å². The van der Waals surface area contributed by atoms with E-state index in [1.54, 1.807) is 12.4 Å². The second kappa shape index (κ2) is 4.50. The van der Waals surface area contributed by atoms with Gasteiger partial charge in [0.05, 0.1) is 5.02 Å². The van der Waals surface area contributed by atoms with Crippen molar-refractivity contribution in [2.24, 2.45) is 5.41 Å². The van der Waals surface area contributed by atoms with Crippen molar-refractivity contribution in [2.45, 2.75) is 32.7 Å². The van der Waals surface area contributed by atoms with Crippen molar-refractivity contribution in [3.05, 3.63) is 29.0 Å². The predicted molar refractivity (Wildman–Crippen MR) is 62.9 cm³/mol. The summed E-state index contributed by atoms with van der Waals surface area (Å²) in [5.41, 5.74) is 1.66. The summed E-state index contributed by atoms with van der Waals surface area (Å²) in [5.74, 6) is 0. The number of hydrogen-bond acceptors (Lipinski definition) is 2. The molecule has 1 aromatic rings. The predicted octanol–water partition coefficient (Wildman–Crippen LogP) is 3.01. The third kappa shape index (κ3) is 2.70. The molecular weight excluding hydrogens is 208 g/mol. The Balaban J connectivity index is 1.81. The molecule has 15 heavy (non-hydrogen) atoms. The van der Waals surface area contributed by atoms with E-state index in [1.165, 1.54) is 19.3 Å². The third-order valence-electron chi connectivity index (χ3n) is 3.28. The molecular formula is C12H17ClN2. The van der Waals surface area contributed by atoms with Gasteiger partial charge < -0.3 is 5.32 Å². The fourth-order valence-electron chi connectivity index (χ4n) is 2.00. The average molecular weight is 225 g/mol. The van der Waals surface area contributed by atoms with Crippen LogP contribution in [0.2, 0.25) is 5.02 Å². The van der Waals surface area contributed by atoms with Gasteiger partial charge >= 0.3 is 0 Å². The molecule has 0 aromatic carbocycles. The summed E-state index contributed by atoms with van der Waals surface area (Å²) in [4.78, 5) is 3.97. The Bertz CT molecular complexity index is 334. The van der Waals surface area contributed by atoms with Gasteiger partial charge in [-0.1, -0.05) is 24.9 Å². The molecule has 82 valence electrons. The molecule has 2 nitrogen and oxygen atoms in total. The molecule has 0 aliphatic heterocycles. The van der Waals surface area contributed by atoms with Gasteiger partial charge in [-0.25, -0.2) is 0 Å². The molecule has 0 spiro atoms. The molecule has 3 heteroatoms. The first-order valence-electron chi connectivity index (χ1n) is 5.49. The molecule has 1 aliphatic rings. The van der Waals surface area contributed by atoms with Crippen LogP contribution in [0.3, 0.4) is 0 Å². The molecule has 0 radical (unpaired) electrons. The van der Waals surface area contributed by atoms with Gasteiger partial charge in [-0.15, -0.1) is 0 Å². The van der Waals surface area contributed by atoms with Gasteiger partial charge in [0.2, 0.25) is 0 Å². The maximum atomic E-state index is 6.02. The maximum Gasteiger partial charge on any atom is 0.0634 e.